The minimum Gasteiger partial charge on any atom is -0.382 e. The molecule has 0 saturated heterocycles. The van der Waals surface area contributed by atoms with Crippen molar-refractivity contribution in [1.29, 1.82) is 0 Å². The van der Waals surface area contributed by atoms with Crippen molar-refractivity contribution in [2.24, 2.45) is 0 Å². The molecule has 2 aliphatic carbocycles. The first kappa shape index (κ1) is 22.6. The molecule has 3 N–H and O–H groups in total. The third kappa shape index (κ3) is 4.73. The van der Waals surface area contributed by atoms with Gasteiger partial charge in [0.1, 0.15) is 5.82 Å². The fourth-order valence-corrected chi connectivity index (χ4v) is 6.24. The topological polar surface area (TPSA) is 133 Å². The van der Waals surface area contributed by atoms with E-state index in [2.05, 4.69) is 42.3 Å². The van der Waals surface area contributed by atoms with E-state index >= 15 is 0 Å². The lowest BCUT2D eigenvalue weighted by Crippen LogP contribution is -2.28. The van der Waals surface area contributed by atoms with Crippen molar-refractivity contribution < 1.29 is 17.6 Å². The van der Waals surface area contributed by atoms with E-state index in [0.29, 0.717) is 25.1 Å². The number of ketones is 1. The maximum atomic E-state index is 13.9. The molecule has 5 rings (SSSR count). The second-order valence-electron chi connectivity index (χ2n) is 8.50. The van der Waals surface area contributed by atoms with Gasteiger partial charge in [-0.15, -0.1) is 0 Å². The highest BCUT2D eigenvalue weighted by atomic mass is 127. The molecule has 12 heteroatoms. The Morgan fingerprint density at radius 3 is 2.76 bits per heavy atom. The van der Waals surface area contributed by atoms with E-state index in [9.17, 15) is 17.6 Å². The number of benzene rings is 1. The summed E-state index contributed by atoms with van der Waals surface area (Å²) < 4.78 is 43.8. The number of anilines is 1. The monoisotopic (exact) mass is 584 g/mol. The summed E-state index contributed by atoms with van der Waals surface area (Å²) in [5.41, 5.74) is 9.10. The van der Waals surface area contributed by atoms with Gasteiger partial charge in [0, 0.05) is 34.6 Å². The molecule has 2 heterocycles. The van der Waals surface area contributed by atoms with Gasteiger partial charge in [-0.1, -0.05) is 0 Å². The standard InChI is InChI=1S/C21H22FIN6O3S/c22-21-26-19(24)18-20(27-21)29(6-1-7-33(31,32)28-13-3-4-13)17(25-18)10-12-8-14-11(9-15(12)23)2-5-16(14)30/h8-9,13,28H,1-7,10H2,(H2,24,26,27). The largest absolute Gasteiger partial charge is 0.382 e. The number of sulfonamides is 1. The highest BCUT2D eigenvalue weighted by Gasteiger charge is 2.27. The van der Waals surface area contributed by atoms with Gasteiger partial charge in [0.05, 0.1) is 5.75 Å². The molecule has 174 valence electrons. The maximum Gasteiger partial charge on any atom is 0.312 e. The first-order chi connectivity index (χ1) is 15.7. The van der Waals surface area contributed by atoms with E-state index in [0.717, 1.165) is 39.5 Å². The number of aryl methyl sites for hydroxylation is 2. The van der Waals surface area contributed by atoms with Gasteiger partial charge in [-0.25, -0.2) is 18.1 Å². The minimum atomic E-state index is -3.39. The zero-order valence-electron chi connectivity index (χ0n) is 17.6. The molecule has 3 aromatic rings. The van der Waals surface area contributed by atoms with Crippen molar-refractivity contribution in [3.63, 3.8) is 0 Å². The number of aromatic nitrogens is 4. The molecule has 33 heavy (non-hydrogen) atoms. The highest BCUT2D eigenvalue weighted by Crippen LogP contribution is 2.29. The average Bonchev–Trinajstić information content (AvgIpc) is 3.38. The number of imidazole rings is 1. The van der Waals surface area contributed by atoms with Crippen LogP contribution in [0.5, 0.6) is 0 Å². The SMILES string of the molecule is Nc1nc(F)nc2c1nc(Cc1cc3c(cc1I)CCC3=O)n2CCCS(=O)(=O)NC1CC1. The number of carbonyl (C=O) groups is 1. The van der Waals surface area contributed by atoms with E-state index in [1.165, 1.54) is 0 Å². The predicted octanol–water partition coefficient (Wildman–Crippen LogP) is 2.34. The number of nitrogen functional groups attached to an aromatic ring is 1. The van der Waals surface area contributed by atoms with Gasteiger partial charge in [-0.05, 0) is 71.5 Å². The predicted molar refractivity (Wildman–Crippen MR) is 129 cm³/mol. The van der Waals surface area contributed by atoms with Gasteiger partial charge in [0.2, 0.25) is 10.0 Å². The Balaban J connectivity index is 1.47. The summed E-state index contributed by atoms with van der Waals surface area (Å²) in [4.78, 5) is 24.2. The summed E-state index contributed by atoms with van der Waals surface area (Å²) in [5, 5.41) is 0. The normalized spacial score (nSPS) is 16.0. The Morgan fingerprint density at radius 1 is 1.21 bits per heavy atom. The summed E-state index contributed by atoms with van der Waals surface area (Å²) in [5.74, 6) is 0.560. The maximum absolute atomic E-state index is 13.9. The van der Waals surface area contributed by atoms with Gasteiger partial charge < -0.3 is 10.3 Å². The van der Waals surface area contributed by atoms with Crippen LogP contribution in [0.2, 0.25) is 0 Å². The second-order valence-corrected chi connectivity index (χ2v) is 11.5. The number of nitrogens with one attached hydrogen (secondary N) is 1. The molecule has 0 unspecified atom stereocenters. The van der Waals surface area contributed by atoms with E-state index in [1.54, 1.807) is 4.57 Å². The van der Waals surface area contributed by atoms with Crippen LogP contribution in [0.25, 0.3) is 11.2 Å². The van der Waals surface area contributed by atoms with Crippen LogP contribution in [-0.2, 0) is 29.4 Å². The van der Waals surface area contributed by atoms with Crippen molar-refractivity contribution in [2.45, 2.75) is 51.1 Å². The molecule has 0 aliphatic heterocycles. The molecule has 0 bridgehead atoms. The lowest BCUT2D eigenvalue weighted by atomic mass is 10.0. The minimum absolute atomic E-state index is 0.0471. The fraction of sp³-hybridized carbons (Fsp3) is 0.429. The van der Waals surface area contributed by atoms with Crippen molar-refractivity contribution >= 4 is 55.4 Å². The van der Waals surface area contributed by atoms with E-state index in [1.807, 2.05) is 12.1 Å². The van der Waals surface area contributed by atoms with Gasteiger partial charge in [-0.2, -0.15) is 14.4 Å². The number of hydrogen-bond acceptors (Lipinski definition) is 7. The number of halogens is 2. The second kappa shape index (κ2) is 8.55. The lowest BCUT2D eigenvalue weighted by Gasteiger charge is -2.12. The number of fused-ring (bicyclic) bond motifs is 2. The third-order valence-electron chi connectivity index (χ3n) is 5.93. The van der Waals surface area contributed by atoms with Gasteiger partial charge in [-0.3, -0.25) is 4.79 Å². The Hall–Kier alpha value is -2.19. The van der Waals surface area contributed by atoms with E-state index in [4.69, 9.17) is 5.73 Å². The molecule has 0 amide bonds. The Bertz CT molecular complexity index is 1390. The molecule has 2 aliphatic rings. The number of nitrogens with two attached hydrogens (primary N) is 1. The van der Waals surface area contributed by atoms with Gasteiger partial charge in [0.15, 0.2) is 22.8 Å². The first-order valence-corrected chi connectivity index (χ1v) is 13.5. The van der Waals surface area contributed by atoms with Crippen LogP contribution < -0.4 is 10.5 Å². The van der Waals surface area contributed by atoms with Gasteiger partial charge >= 0.3 is 6.08 Å². The first-order valence-electron chi connectivity index (χ1n) is 10.7. The van der Waals surface area contributed by atoms with Crippen LogP contribution in [-0.4, -0.2) is 45.5 Å². The third-order valence-corrected chi connectivity index (χ3v) is 8.46. The van der Waals surface area contributed by atoms with Crippen molar-refractivity contribution in [1.82, 2.24) is 24.2 Å². The zero-order chi connectivity index (χ0) is 23.3. The smallest absolute Gasteiger partial charge is 0.312 e. The quantitative estimate of drug-likeness (QED) is 0.307. The fourth-order valence-electron chi connectivity index (χ4n) is 4.15. The number of Topliss-reactive ketones (excluding diaryl/α,β-unsaturated/α-hetero) is 1. The molecule has 1 saturated carbocycles. The van der Waals surface area contributed by atoms with Crippen LogP contribution in [0.15, 0.2) is 12.1 Å². The molecule has 0 radical (unpaired) electrons. The van der Waals surface area contributed by atoms with Crippen LogP contribution in [0, 0.1) is 9.65 Å². The summed E-state index contributed by atoms with van der Waals surface area (Å²) >= 11 is 2.24. The number of hydrogen-bond donors (Lipinski definition) is 2. The number of rotatable bonds is 8. The van der Waals surface area contributed by atoms with Crippen molar-refractivity contribution in [2.75, 3.05) is 11.5 Å². The lowest BCUT2D eigenvalue weighted by molar-refractivity contribution is 0.0994. The van der Waals surface area contributed by atoms with Gasteiger partial charge in [0.25, 0.3) is 0 Å². The Labute approximate surface area is 203 Å². The van der Waals surface area contributed by atoms with Crippen LogP contribution in [0.3, 0.4) is 0 Å². The summed E-state index contributed by atoms with van der Waals surface area (Å²) in [6, 6.07) is 3.97. The average molecular weight is 584 g/mol. The molecule has 0 atom stereocenters. The van der Waals surface area contributed by atoms with Crippen molar-refractivity contribution in [3.05, 3.63) is 44.3 Å². The Morgan fingerprint density at radius 2 is 2.00 bits per heavy atom. The molecule has 9 nitrogen and oxygen atoms in total. The van der Waals surface area contributed by atoms with Crippen LogP contribution >= 0.6 is 22.6 Å². The number of nitrogens with zero attached hydrogens (tertiary/aromatic N) is 4. The Kier molecular flexibility index (Phi) is 5.85. The molecule has 2 aromatic heterocycles. The highest BCUT2D eigenvalue weighted by molar-refractivity contribution is 14.1. The summed E-state index contributed by atoms with van der Waals surface area (Å²) in [6.07, 6.45) is 2.70. The number of carbonyl (C=O) groups excluding carboxylic acids is 1. The van der Waals surface area contributed by atoms with E-state index in [-0.39, 0.29) is 41.1 Å². The molecular formula is C21H22FIN6O3S. The zero-order valence-corrected chi connectivity index (χ0v) is 20.6. The van der Waals surface area contributed by atoms with Crippen molar-refractivity contribution in [3.8, 4) is 0 Å². The van der Waals surface area contributed by atoms with Crippen LogP contribution in [0.1, 0.15) is 53.0 Å². The van der Waals surface area contributed by atoms with E-state index < -0.39 is 16.1 Å². The summed E-state index contributed by atoms with van der Waals surface area (Å²) in [6.45, 7) is 0.272. The molecule has 0 spiro atoms. The summed E-state index contributed by atoms with van der Waals surface area (Å²) in [7, 11) is -3.39. The molecule has 1 aromatic carbocycles. The molecule has 1 fully saturated rings. The molecular weight excluding hydrogens is 562 g/mol. The van der Waals surface area contributed by atoms with Crippen LogP contribution in [0.4, 0.5) is 10.2 Å².